The van der Waals surface area contributed by atoms with E-state index < -0.39 is 0 Å². The van der Waals surface area contributed by atoms with Gasteiger partial charge in [0.05, 0.1) is 0 Å². The monoisotopic (exact) mass is 299 g/mol. The van der Waals surface area contributed by atoms with Crippen LogP contribution < -0.4 is 0 Å². The summed E-state index contributed by atoms with van der Waals surface area (Å²) in [5, 5.41) is 18.0. The van der Waals surface area contributed by atoms with E-state index >= 15 is 0 Å². The molecule has 4 heteroatoms. The van der Waals surface area contributed by atoms with Gasteiger partial charge in [0.2, 0.25) is 0 Å². The van der Waals surface area contributed by atoms with Crippen molar-refractivity contribution < 1.29 is 5.21 Å². The van der Waals surface area contributed by atoms with E-state index in [-0.39, 0.29) is 0 Å². The van der Waals surface area contributed by atoms with Gasteiger partial charge in [0.25, 0.3) is 0 Å². The minimum Gasteiger partial charge on any atom is -0.410 e. The van der Waals surface area contributed by atoms with E-state index in [4.69, 9.17) is 0 Å². The van der Waals surface area contributed by atoms with Gasteiger partial charge in [-0.3, -0.25) is 0 Å². The Morgan fingerprint density at radius 1 is 0.864 bits per heavy atom. The first-order valence-corrected chi connectivity index (χ1v) is 8.92. The predicted octanol–water partition coefficient (Wildman–Crippen LogP) is 4.76. The number of rotatable bonds is 2. The van der Waals surface area contributed by atoms with Gasteiger partial charge in [-0.2, -0.15) is 0 Å². The Morgan fingerprint density at radius 2 is 1.50 bits per heavy atom. The summed E-state index contributed by atoms with van der Waals surface area (Å²) in [7, 11) is 0. The minimum absolute atomic E-state index is 0.603. The molecular formula is C18H25N3O. The summed E-state index contributed by atoms with van der Waals surface area (Å²) in [6.45, 7) is 0. The van der Waals surface area contributed by atoms with Crippen LogP contribution in [0.2, 0.25) is 0 Å². The van der Waals surface area contributed by atoms with Gasteiger partial charge in [0, 0.05) is 0 Å². The molecule has 2 fully saturated rings. The summed E-state index contributed by atoms with van der Waals surface area (Å²) in [5.74, 6) is 1.28. The summed E-state index contributed by atoms with van der Waals surface area (Å²) in [6.07, 6.45) is 13.2. The highest BCUT2D eigenvalue weighted by Gasteiger charge is 2.27. The molecule has 1 aromatic heterocycles. The van der Waals surface area contributed by atoms with Gasteiger partial charge in [-0.25, -0.2) is 0 Å². The van der Waals surface area contributed by atoms with E-state index in [1.54, 1.807) is 0 Å². The Labute approximate surface area is 131 Å². The predicted molar refractivity (Wildman–Crippen MR) is 86.4 cm³/mol. The van der Waals surface area contributed by atoms with Gasteiger partial charge in [-0.15, -0.1) is 5.10 Å². The van der Waals surface area contributed by atoms with Crippen LogP contribution in [0.1, 0.15) is 87.2 Å². The molecule has 22 heavy (non-hydrogen) atoms. The maximum Gasteiger partial charge on any atom is 0.131 e. The molecule has 2 aliphatic carbocycles. The standard InChI is InChI=1S/C18H25N3O/c22-21-16-12-11-15(13-7-3-1-4-8-13)17(18(16)19-20-21)14-9-5-2-6-10-14/h11-14,22H,1-10H2. The van der Waals surface area contributed by atoms with Crippen LogP contribution in [0.5, 0.6) is 0 Å². The lowest BCUT2D eigenvalue weighted by Gasteiger charge is -2.29. The summed E-state index contributed by atoms with van der Waals surface area (Å²) < 4.78 is 0. The van der Waals surface area contributed by atoms with E-state index in [2.05, 4.69) is 16.4 Å². The average Bonchev–Trinajstić information content (AvgIpc) is 2.97. The molecule has 0 bridgehead atoms. The lowest BCUT2D eigenvalue weighted by Crippen LogP contribution is -2.13. The second-order valence-electron chi connectivity index (χ2n) is 7.08. The van der Waals surface area contributed by atoms with Gasteiger partial charge >= 0.3 is 0 Å². The zero-order chi connectivity index (χ0) is 14.9. The average molecular weight is 299 g/mol. The van der Waals surface area contributed by atoms with Crippen LogP contribution in [0, 0.1) is 0 Å². The molecule has 0 radical (unpaired) electrons. The molecule has 118 valence electrons. The van der Waals surface area contributed by atoms with Crippen LogP contribution in [0.25, 0.3) is 11.0 Å². The fourth-order valence-electron chi connectivity index (χ4n) is 4.60. The summed E-state index contributed by atoms with van der Waals surface area (Å²) in [5.41, 5.74) is 4.61. The van der Waals surface area contributed by atoms with Crippen molar-refractivity contribution in [1.82, 2.24) is 15.2 Å². The van der Waals surface area contributed by atoms with E-state index in [9.17, 15) is 5.21 Å². The molecule has 4 rings (SSSR count). The van der Waals surface area contributed by atoms with Crippen molar-refractivity contribution in [3.8, 4) is 0 Å². The lowest BCUT2D eigenvalue weighted by molar-refractivity contribution is 0.154. The minimum atomic E-state index is 0.603. The summed E-state index contributed by atoms with van der Waals surface area (Å²) in [4.78, 5) is 0.937. The Kier molecular flexibility index (Phi) is 3.77. The first-order valence-electron chi connectivity index (χ1n) is 8.92. The maximum absolute atomic E-state index is 9.88. The van der Waals surface area contributed by atoms with Crippen molar-refractivity contribution in [2.45, 2.75) is 76.0 Å². The van der Waals surface area contributed by atoms with Crippen molar-refractivity contribution in [3.63, 3.8) is 0 Å². The van der Waals surface area contributed by atoms with Crippen LogP contribution in [-0.4, -0.2) is 20.4 Å². The molecule has 0 saturated heterocycles. The van der Waals surface area contributed by atoms with Crippen LogP contribution in [0.15, 0.2) is 12.1 Å². The molecule has 2 aliphatic rings. The number of fused-ring (bicyclic) bond motifs is 1. The lowest BCUT2D eigenvalue weighted by atomic mass is 9.75. The third-order valence-electron chi connectivity index (χ3n) is 5.73. The fourth-order valence-corrected chi connectivity index (χ4v) is 4.60. The highest BCUT2D eigenvalue weighted by atomic mass is 16.5. The molecule has 0 amide bonds. The van der Waals surface area contributed by atoms with Gasteiger partial charge in [0.15, 0.2) is 0 Å². The molecule has 1 N–H and O–H groups in total. The van der Waals surface area contributed by atoms with Crippen LogP contribution in [0.4, 0.5) is 0 Å². The number of hydrogen-bond acceptors (Lipinski definition) is 3. The molecule has 4 nitrogen and oxygen atoms in total. The number of benzene rings is 1. The van der Waals surface area contributed by atoms with Crippen molar-refractivity contribution in [2.24, 2.45) is 0 Å². The van der Waals surface area contributed by atoms with Gasteiger partial charge < -0.3 is 5.21 Å². The van der Waals surface area contributed by atoms with Crippen molar-refractivity contribution >= 4 is 11.0 Å². The van der Waals surface area contributed by atoms with E-state index in [0.717, 1.165) is 15.9 Å². The second kappa shape index (κ2) is 5.90. The molecule has 2 aromatic rings. The van der Waals surface area contributed by atoms with Gasteiger partial charge in [0.1, 0.15) is 11.0 Å². The molecule has 0 spiro atoms. The normalized spacial score (nSPS) is 21.5. The molecule has 0 atom stereocenters. The zero-order valence-electron chi connectivity index (χ0n) is 13.2. The number of aromatic nitrogens is 3. The summed E-state index contributed by atoms with van der Waals surface area (Å²) >= 11 is 0. The Morgan fingerprint density at radius 3 is 2.18 bits per heavy atom. The molecule has 0 aliphatic heterocycles. The van der Waals surface area contributed by atoms with Crippen molar-refractivity contribution in [3.05, 3.63) is 23.3 Å². The third-order valence-corrected chi connectivity index (χ3v) is 5.73. The largest absolute Gasteiger partial charge is 0.410 e. The van der Waals surface area contributed by atoms with Crippen molar-refractivity contribution in [2.75, 3.05) is 0 Å². The van der Waals surface area contributed by atoms with E-state index in [0.29, 0.717) is 11.8 Å². The quantitative estimate of drug-likeness (QED) is 0.813. The second-order valence-corrected chi connectivity index (χ2v) is 7.08. The smallest absolute Gasteiger partial charge is 0.131 e. The number of nitrogens with zero attached hydrogens (tertiary/aromatic N) is 3. The molecule has 2 saturated carbocycles. The first-order chi connectivity index (χ1) is 10.8. The van der Waals surface area contributed by atoms with Crippen LogP contribution >= 0.6 is 0 Å². The van der Waals surface area contributed by atoms with Crippen LogP contribution in [0.3, 0.4) is 0 Å². The molecule has 1 heterocycles. The fraction of sp³-hybridized carbons (Fsp3) is 0.667. The highest BCUT2D eigenvalue weighted by Crippen LogP contribution is 2.43. The van der Waals surface area contributed by atoms with E-state index in [1.807, 2.05) is 6.07 Å². The molecular weight excluding hydrogens is 274 g/mol. The maximum atomic E-state index is 9.88. The van der Waals surface area contributed by atoms with Gasteiger partial charge in [-0.05, 0) is 59.9 Å². The van der Waals surface area contributed by atoms with E-state index in [1.165, 1.54) is 75.3 Å². The first kappa shape index (κ1) is 14.0. The SMILES string of the molecule is On1nnc2c(C3CCCCC3)c(C3CCCCC3)ccc21. The highest BCUT2D eigenvalue weighted by molar-refractivity contribution is 5.80. The molecule has 1 aromatic carbocycles. The van der Waals surface area contributed by atoms with Crippen molar-refractivity contribution in [1.29, 1.82) is 0 Å². The third kappa shape index (κ3) is 2.38. The van der Waals surface area contributed by atoms with Crippen LogP contribution in [-0.2, 0) is 0 Å². The molecule has 0 unspecified atom stereocenters. The number of hydrogen-bond donors (Lipinski definition) is 1. The Hall–Kier alpha value is -1.58. The Balaban J connectivity index is 1.83. The topological polar surface area (TPSA) is 50.9 Å². The Bertz CT molecular complexity index is 652. The zero-order valence-corrected chi connectivity index (χ0v) is 13.2. The van der Waals surface area contributed by atoms with Gasteiger partial charge in [-0.1, -0.05) is 49.4 Å². The summed E-state index contributed by atoms with van der Waals surface area (Å²) in [6, 6.07) is 4.25.